The van der Waals surface area contributed by atoms with E-state index in [0.717, 1.165) is 5.69 Å². The molecule has 2 aromatic rings. The molecule has 20 heavy (non-hydrogen) atoms. The Bertz CT molecular complexity index is 738. The van der Waals surface area contributed by atoms with Crippen molar-refractivity contribution >= 4 is 32.4 Å². The predicted molar refractivity (Wildman–Crippen MR) is 77.5 cm³/mol. The Morgan fingerprint density at radius 3 is 2.70 bits per heavy atom. The lowest BCUT2D eigenvalue weighted by molar-refractivity contribution is 0.102. The van der Waals surface area contributed by atoms with Gasteiger partial charge in [0.1, 0.15) is 0 Å². The topological polar surface area (TPSA) is 88.2 Å². The van der Waals surface area contributed by atoms with Gasteiger partial charge < -0.3 is 0 Å². The number of sulfonamides is 1. The zero-order chi connectivity index (χ0) is 14.8. The summed E-state index contributed by atoms with van der Waals surface area (Å²) in [5.74, 6) is -0.396. The van der Waals surface area contributed by atoms with E-state index in [2.05, 4.69) is 15.0 Å². The molecule has 8 heteroatoms. The van der Waals surface area contributed by atoms with Gasteiger partial charge in [0.05, 0.1) is 10.6 Å². The van der Waals surface area contributed by atoms with E-state index < -0.39 is 15.9 Å². The Labute approximate surface area is 120 Å². The highest BCUT2D eigenvalue weighted by atomic mass is 32.2. The molecule has 0 fully saturated rings. The van der Waals surface area contributed by atoms with Crippen molar-refractivity contribution in [3.8, 4) is 0 Å². The molecular formula is C12H13N3O3S2. The quantitative estimate of drug-likeness (QED) is 0.898. The van der Waals surface area contributed by atoms with E-state index in [9.17, 15) is 13.2 Å². The van der Waals surface area contributed by atoms with Crippen molar-refractivity contribution in [2.75, 3.05) is 12.4 Å². The summed E-state index contributed by atoms with van der Waals surface area (Å²) in [6.07, 6.45) is 0. The molecule has 1 aromatic heterocycles. The summed E-state index contributed by atoms with van der Waals surface area (Å²) in [6.45, 7) is 1.83. The number of hydrogen-bond acceptors (Lipinski definition) is 5. The molecule has 1 heterocycles. The van der Waals surface area contributed by atoms with Crippen LogP contribution in [-0.4, -0.2) is 26.4 Å². The molecule has 0 unspecified atom stereocenters. The fourth-order valence-electron chi connectivity index (χ4n) is 1.50. The van der Waals surface area contributed by atoms with Crippen molar-refractivity contribution in [3.63, 3.8) is 0 Å². The number of carbonyl (C=O) groups is 1. The second-order valence-corrected chi connectivity index (χ2v) is 6.73. The molecule has 0 aliphatic carbocycles. The number of aromatic nitrogens is 1. The fourth-order valence-corrected chi connectivity index (χ4v) is 2.96. The highest BCUT2D eigenvalue weighted by Gasteiger charge is 2.14. The maximum absolute atomic E-state index is 12.0. The average molecular weight is 311 g/mol. The first-order valence-corrected chi connectivity index (χ1v) is 8.06. The number of anilines is 1. The number of aryl methyl sites for hydroxylation is 1. The minimum absolute atomic E-state index is 0.0444. The van der Waals surface area contributed by atoms with Crippen LogP contribution in [0.1, 0.15) is 16.1 Å². The summed E-state index contributed by atoms with van der Waals surface area (Å²) >= 11 is 1.31. The minimum atomic E-state index is -3.57. The lowest BCUT2D eigenvalue weighted by Gasteiger charge is -2.05. The van der Waals surface area contributed by atoms with E-state index >= 15 is 0 Å². The molecule has 0 bridgehead atoms. The van der Waals surface area contributed by atoms with Gasteiger partial charge in [-0.1, -0.05) is 6.07 Å². The van der Waals surface area contributed by atoms with Crippen LogP contribution in [0, 0.1) is 6.92 Å². The highest BCUT2D eigenvalue weighted by molar-refractivity contribution is 7.89. The smallest absolute Gasteiger partial charge is 0.257 e. The van der Waals surface area contributed by atoms with Crippen molar-refractivity contribution in [1.82, 2.24) is 9.71 Å². The van der Waals surface area contributed by atoms with E-state index in [1.165, 1.54) is 36.6 Å². The summed E-state index contributed by atoms with van der Waals surface area (Å²) in [4.78, 5) is 16.2. The van der Waals surface area contributed by atoms with E-state index in [-0.39, 0.29) is 10.5 Å². The first kappa shape index (κ1) is 14.6. The number of nitrogens with one attached hydrogen (secondary N) is 2. The maximum Gasteiger partial charge on any atom is 0.257 e. The molecule has 6 nitrogen and oxygen atoms in total. The van der Waals surface area contributed by atoms with E-state index in [1.807, 2.05) is 12.3 Å². The molecular weight excluding hydrogens is 298 g/mol. The molecule has 0 saturated carbocycles. The van der Waals surface area contributed by atoms with Crippen molar-refractivity contribution < 1.29 is 13.2 Å². The first-order valence-electron chi connectivity index (χ1n) is 5.69. The van der Waals surface area contributed by atoms with Gasteiger partial charge in [0.25, 0.3) is 5.91 Å². The number of hydrogen-bond donors (Lipinski definition) is 2. The van der Waals surface area contributed by atoms with Crippen LogP contribution in [0.5, 0.6) is 0 Å². The van der Waals surface area contributed by atoms with E-state index in [1.54, 1.807) is 6.07 Å². The minimum Gasteiger partial charge on any atom is -0.298 e. The molecule has 2 rings (SSSR count). The van der Waals surface area contributed by atoms with Gasteiger partial charge in [-0.15, -0.1) is 11.3 Å². The molecule has 0 atom stereocenters. The largest absolute Gasteiger partial charge is 0.298 e. The normalized spacial score (nSPS) is 11.3. The van der Waals surface area contributed by atoms with Crippen LogP contribution in [0.4, 0.5) is 5.13 Å². The molecule has 0 aliphatic rings. The second-order valence-electron chi connectivity index (χ2n) is 3.98. The standard InChI is InChI=1S/C12H13N3O3S2/c1-8-7-19-12(14-8)15-11(16)9-4-3-5-10(6-9)20(17,18)13-2/h3-7,13H,1-2H3,(H,14,15,16). The number of carbonyl (C=O) groups excluding carboxylic acids is 1. The summed E-state index contributed by atoms with van der Waals surface area (Å²) < 4.78 is 25.6. The summed E-state index contributed by atoms with van der Waals surface area (Å²) in [5, 5.41) is 4.93. The van der Waals surface area contributed by atoms with Crippen LogP contribution in [0.3, 0.4) is 0 Å². The third kappa shape index (κ3) is 3.21. The van der Waals surface area contributed by atoms with Gasteiger partial charge in [-0.2, -0.15) is 0 Å². The van der Waals surface area contributed by atoms with Crippen LogP contribution >= 0.6 is 11.3 Å². The van der Waals surface area contributed by atoms with Gasteiger partial charge in [0.15, 0.2) is 5.13 Å². The van der Waals surface area contributed by atoms with Gasteiger partial charge in [0.2, 0.25) is 10.0 Å². The van der Waals surface area contributed by atoms with E-state index in [0.29, 0.717) is 5.13 Å². The van der Waals surface area contributed by atoms with Crippen LogP contribution < -0.4 is 10.0 Å². The van der Waals surface area contributed by atoms with Crippen LogP contribution in [0.2, 0.25) is 0 Å². The average Bonchev–Trinajstić information content (AvgIpc) is 2.84. The SMILES string of the molecule is CNS(=O)(=O)c1cccc(C(=O)Nc2nc(C)cs2)c1. The molecule has 0 spiro atoms. The molecule has 2 N–H and O–H groups in total. The molecule has 0 aliphatic heterocycles. The Morgan fingerprint density at radius 1 is 1.35 bits per heavy atom. The number of rotatable bonds is 4. The van der Waals surface area contributed by atoms with Crippen LogP contribution in [-0.2, 0) is 10.0 Å². The highest BCUT2D eigenvalue weighted by Crippen LogP contribution is 2.17. The van der Waals surface area contributed by atoms with Crippen molar-refractivity contribution in [2.24, 2.45) is 0 Å². The lowest BCUT2D eigenvalue weighted by Crippen LogP contribution is -2.19. The predicted octanol–water partition coefficient (Wildman–Crippen LogP) is 1.61. The second kappa shape index (κ2) is 5.70. The van der Waals surface area contributed by atoms with Crippen LogP contribution in [0.25, 0.3) is 0 Å². The maximum atomic E-state index is 12.0. The molecule has 0 saturated heterocycles. The monoisotopic (exact) mass is 311 g/mol. The molecule has 0 radical (unpaired) electrons. The zero-order valence-electron chi connectivity index (χ0n) is 10.9. The van der Waals surface area contributed by atoms with E-state index in [4.69, 9.17) is 0 Å². The number of nitrogens with zero attached hydrogens (tertiary/aromatic N) is 1. The van der Waals surface area contributed by atoms with Gasteiger partial charge >= 0.3 is 0 Å². The Balaban J connectivity index is 2.25. The van der Waals surface area contributed by atoms with Crippen molar-refractivity contribution in [3.05, 3.63) is 40.9 Å². The summed E-state index contributed by atoms with van der Waals surface area (Å²) in [5.41, 5.74) is 1.07. The number of benzene rings is 1. The molecule has 1 aromatic carbocycles. The Hall–Kier alpha value is -1.77. The van der Waals surface area contributed by atoms with Gasteiger partial charge in [-0.3, -0.25) is 10.1 Å². The Kier molecular flexibility index (Phi) is 4.17. The van der Waals surface area contributed by atoms with Crippen LogP contribution in [0.15, 0.2) is 34.5 Å². The van der Waals surface area contributed by atoms with Crippen molar-refractivity contribution in [1.29, 1.82) is 0 Å². The Morgan fingerprint density at radius 2 is 2.10 bits per heavy atom. The molecule has 1 amide bonds. The lowest BCUT2D eigenvalue weighted by atomic mass is 10.2. The third-order valence-corrected chi connectivity index (χ3v) is 4.80. The van der Waals surface area contributed by atoms with Gasteiger partial charge in [0, 0.05) is 10.9 Å². The summed E-state index contributed by atoms with van der Waals surface area (Å²) in [6, 6.07) is 5.81. The zero-order valence-corrected chi connectivity index (χ0v) is 12.5. The van der Waals surface area contributed by atoms with Crippen molar-refractivity contribution in [2.45, 2.75) is 11.8 Å². The summed E-state index contributed by atoms with van der Waals surface area (Å²) in [7, 11) is -2.25. The van der Waals surface area contributed by atoms with Gasteiger partial charge in [-0.05, 0) is 32.2 Å². The third-order valence-electron chi connectivity index (χ3n) is 2.51. The molecule has 106 valence electrons. The number of amides is 1. The fraction of sp³-hybridized carbons (Fsp3) is 0.167. The number of thiazole rings is 1. The van der Waals surface area contributed by atoms with Gasteiger partial charge in [-0.25, -0.2) is 18.1 Å². The first-order chi connectivity index (χ1) is 9.42.